The molecule has 1 N–H and O–H groups in total. The molecule has 0 saturated carbocycles. The van der Waals surface area contributed by atoms with E-state index < -0.39 is 11.9 Å². The molecule has 2 aromatic rings. The van der Waals surface area contributed by atoms with Crippen molar-refractivity contribution in [3.8, 4) is 0 Å². The third-order valence-corrected chi connectivity index (χ3v) is 4.28. The molecule has 0 radical (unpaired) electrons. The summed E-state index contributed by atoms with van der Waals surface area (Å²) in [5.74, 6) is 0.861. The number of nitrogens with zero attached hydrogens (tertiary/aromatic N) is 1. The third-order valence-electron chi connectivity index (χ3n) is 3.09. The molecule has 1 aromatic heterocycles. The number of pyridine rings is 1. The van der Waals surface area contributed by atoms with E-state index in [0.717, 1.165) is 11.8 Å². The summed E-state index contributed by atoms with van der Waals surface area (Å²) in [5.41, 5.74) is 0.905. The standard InChI is InChI=1S/C14H11F3N2S/c15-14(16,17)13-6-5-9(7-18-13)19-11-8-20-12-4-2-1-3-10(11)12/h1-7,11,19H,8H2. The highest BCUT2D eigenvalue weighted by molar-refractivity contribution is 7.99. The molecule has 0 saturated heterocycles. The van der Waals surface area contributed by atoms with Gasteiger partial charge >= 0.3 is 6.18 Å². The van der Waals surface area contributed by atoms with Gasteiger partial charge in [0.2, 0.25) is 0 Å². The molecule has 0 fully saturated rings. The zero-order chi connectivity index (χ0) is 14.2. The first-order valence-electron chi connectivity index (χ1n) is 6.05. The van der Waals surface area contributed by atoms with Gasteiger partial charge in [0.15, 0.2) is 0 Å². The normalized spacial score (nSPS) is 17.9. The summed E-state index contributed by atoms with van der Waals surface area (Å²) in [7, 11) is 0. The van der Waals surface area contributed by atoms with Crippen LogP contribution in [-0.4, -0.2) is 10.7 Å². The Balaban J connectivity index is 1.76. The van der Waals surface area contributed by atoms with Crippen molar-refractivity contribution in [1.29, 1.82) is 0 Å². The van der Waals surface area contributed by atoms with Gasteiger partial charge < -0.3 is 5.32 Å². The molecule has 1 unspecified atom stereocenters. The number of rotatable bonds is 2. The van der Waals surface area contributed by atoms with E-state index in [0.29, 0.717) is 5.69 Å². The molecule has 104 valence electrons. The number of benzene rings is 1. The number of aromatic nitrogens is 1. The zero-order valence-electron chi connectivity index (χ0n) is 10.3. The molecular formula is C14H11F3N2S. The van der Waals surface area contributed by atoms with E-state index in [1.807, 2.05) is 24.3 Å². The third kappa shape index (κ3) is 2.60. The van der Waals surface area contributed by atoms with Crippen molar-refractivity contribution < 1.29 is 13.2 Å². The second kappa shape index (κ2) is 5.01. The summed E-state index contributed by atoms with van der Waals surface area (Å²) in [6.07, 6.45) is -3.16. The molecule has 0 spiro atoms. The van der Waals surface area contributed by atoms with Crippen LogP contribution in [0.3, 0.4) is 0 Å². The Bertz CT molecular complexity index is 611. The van der Waals surface area contributed by atoms with Crippen molar-refractivity contribution in [2.45, 2.75) is 17.1 Å². The van der Waals surface area contributed by atoms with Crippen LogP contribution < -0.4 is 5.32 Å². The number of thioether (sulfide) groups is 1. The van der Waals surface area contributed by atoms with Crippen LogP contribution in [0.2, 0.25) is 0 Å². The minimum Gasteiger partial charge on any atom is -0.376 e. The van der Waals surface area contributed by atoms with Gasteiger partial charge in [-0.2, -0.15) is 13.2 Å². The monoisotopic (exact) mass is 296 g/mol. The molecule has 0 aliphatic carbocycles. The Kier molecular flexibility index (Phi) is 3.33. The lowest BCUT2D eigenvalue weighted by atomic mass is 10.1. The van der Waals surface area contributed by atoms with Crippen molar-refractivity contribution in [1.82, 2.24) is 4.98 Å². The predicted octanol–water partition coefficient (Wildman–Crippen LogP) is 4.36. The molecule has 2 heterocycles. The Hall–Kier alpha value is -1.69. The first-order chi connectivity index (χ1) is 9.54. The highest BCUT2D eigenvalue weighted by Crippen LogP contribution is 2.39. The number of nitrogens with one attached hydrogen (secondary N) is 1. The minimum atomic E-state index is -4.39. The lowest BCUT2D eigenvalue weighted by Crippen LogP contribution is -2.11. The molecule has 0 bridgehead atoms. The average molecular weight is 296 g/mol. The van der Waals surface area contributed by atoms with Crippen molar-refractivity contribution >= 4 is 17.4 Å². The summed E-state index contributed by atoms with van der Waals surface area (Å²) in [6, 6.07) is 10.5. The fourth-order valence-corrected chi connectivity index (χ4v) is 3.29. The maximum Gasteiger partial charge on any atom is 0.433 e. The van der Waals surface area contributed by atoms with Gasteiger partial charge in [-0.15, -0.1) is 11.8 Å². The molecule has 1 atom stereocenters. The number of fused-ring (bicyclic) bond motifs is 1. The summed E-state index contributed by atoms with van der Waals surface area (Å²) in [5, 5.41) is 3.23. The zero-order valence-corrected chi connectivity index (χ0v) is 11.1. The van der Waals surface area contributed by atoms with Crippen LogP contribution in [0.25, 0.3) is 0 Å². The van der Waals surface area contributed by atoms with Gasteiger partial charge in [-0.1, -0.05) is 18.2 Å². The molecule has 3 rings (SSSR count). The molecule has 20 heavy (non-hydrogen) atoms. The van der Waals surface area contributed by atoms with Gasteiger partial charge in [0, 0.05) is 10.6 Å². The molecular weight excluding hydrogens is 285 g/mol. The smallest absolute Gasteiger partial charge is 0.376 e. The van der Waals surface area contributed by atoms with E-state index >= 15 is 0 Å². The number of anilines is 1. The fraction of sp³-hybridized carbons (Fsp3) is 0.214. The van der Waals surface area contributed by atoms with Crippen molar-refractivity contribution in [2.24, 2.45) is 0 Å². The van der Waals surface area contributed by atoms with E-state index in [4.69, 9.17) is 0 Å². The van der Waals surface area contributed by atoms with Crippen LogP contribution in [0, 0.1) is 0 Å². The molecule has 1 aliphatic rings. The van der Waals surface area contributed by atoms with Crippen LogP contribution in [0.15, 0.2) is 47.5 Å². The lowest BCUT2D eigenvalue weighted by Gasteiger charge is -2.15. The van der Waals surface area contributed by atoms with Crippen LogP contribution in [0.5, 0.6) is 0 Å². The molecule has 1 aliphatic heterocycles. The van der Waals surface area contributed by atoms with Crippen LogP contribution in [-0.2, 0) is 6.18 Å². The second-order valence-corrected chi connectivity index (χ2v) is 5.54. The Morgan fingerprint density at radius 1 is 1.15 bits per heavy atom. The first kappa shape index (κ1) is 13.3. The fourth-order valence-electron chi connectivity index (χ4n) is 2.13. The number of halogens is 3. The number of alkyl halides is 3. The second-order valence-electron chi connectivity index (χ2n) is 4.48. The van der Waals surface area contributed by atoms with Gasteiger partial charge in [0.1, 0.15) is 5.69 Å². The summed E-state index contributed by atoms with van der Waals surface area (Å²) in [6.45, 7) is 0. The van der Waals surface area contributed by atoms with Gasteiger partial charge in [0.25, 0.3) is 0 Å². The van der Waals surface area contributed by atoms with Crippen LogP contribution >= 0.6 is 11.8 Å². The van der Waals surface area contributed by atoms with Gasteiger partial charge in [-0.25, -0.2) is 4.98 Å². The van der Waals surface area contributed by atoms with Crippen molar-refractivity contribution in [2.75, 3.05) is 11.1 Å². The van der Waals surface area contributed by atoms with Gasteiger partial charge in [-0.05, 0) is 23.8 Å². The maximum atomic E-state index is 12.4. The van der Waals surface area contributed by atoms with E-state index in [1.54, 1.807) is 11.8 Å². The highest BCUT2D eigenvalue weighted by atomic mass is 32.2. The van der Waals surface area contributed by atoms with Gasteiger partial charge in [0.05, 0.1) is 17.9 Å². The summed E-state index contributed by atoms with van der Waals surface area (Å²) >= 11 is 1.74. The molecule has 1 aromatic carbocycles. The summed E-state index contributed by atoms with van der Waals surface area (Å²) < 4.78 is 37.3. The van der Waals surface area contributed by atoms with Crippen LogP contribution in [0.1, 0.15) is 17.3 Å². The highest BCUT2D eigenvalue weighted by Gasteiger charge is 2.32. The summed E-state index contributed by atoms with van der Waals surface area (Å²) in [4.78, 5) is 4.67. The van der Waals surface area contributed by atoms with E-state index in [1.165, 1.54) is 22.7 Å². The first-order valence-corrected chi connectivity index (χ1v) is 7.04. The van der Waals surface area contributed by atoms with Gasteiger partial charge in [-0.3, -0.25) is 0 Å². The predicted molar refractivity (Wildman–Crippen MR) is 72.8 cm³/mol. The van der Waals surface area contributed by atoms with Crippen LogP contribution in [0.4, 0.5) is 18.9 Å². The maximum absolute atomic E-state index is 12.4. The molecule has 2 nitrogen and oxygen atoms in total. The minimum absolute atomic E-state index is 0.106. The molecule has 6 heteroatoms. The van der Waals surface area contributed by atoms with Crippen molar-refractivity contribution in [3.63, 3.8) is 0 Å². The van der Waals surface area contributed by atoms with E-state index in [2.05, 4.69) is 10.3 Å². The Morgan fingerprint density at radius 2 is 1.95 bits per heavy atom. The Morgan fingerprint density at radius 3 is 2.65 bits per heavy atom. The van der Waals surface area contributed by atoms with E-state index in [9.17, 15) is 13.2 Å². The largest absolute Gasteiger partial charge is 0.433 e. The number of hydrogen-bond acceptors (Lipinski definition) is 3. The number of hydrogen-bond donors (Lipinski definition) is 1. The topological polar surface area (TPSA) is 24.9 Å². The van der Waals surface area contributed by atoms with E-state index in [-0.39, 0.29) is 6.04 Å². The Labute approximate surface area is 118 Å². The quantitative estimate of drug-likeness (QED) is 0.891. The lowest BCUT2D eigenvalue weighted by molar-refractivity contribution is -0.141. The SMILES string of the molecule is FC(F)(F)c1ccc(NC2CSc3ccccc32)cn1. The molecule has 0 amide bonds. The van der Waals surface area contributed by atoms with Crippen molar-refractivity contribution in [3.05, 3.63) is 53.9 Å². The average Bonchev–Trinajstić information content (AvgIpc) is 2.82.